The Balaban J connectivity index is 4.34. The molecular weight excluding hydrogens is 208 g/mol. The van der Waals surface area contributed by atoms with Crippen LogP contribution in [0.15, 0.2) is 0 Å². The molecule has 0 aromatic heterocycles. The van der Waals surface area contributed by atoms with E-state index in [1.54, 1.807) is 13.8 Å². The van der Waals surface area contributed by atoms with Crippen molar-refractivity contribution in [3.05, 3.63) is 0 Å². The van der Waals surface area contributed by atoms with E-state index in [2.05, 4.69) is 5.32 Å². The molecule has 1 unspecified atom stereocenters. The molecule has 5 heteroatoms. The highest BCUT2D eigenvalue weighted by atomic mass is 16.4. The zero-order valence-electron chi connectivity index (χ0n) is 10.2. The van der Waals surface area contributed by atoms with Gasteiger partial charge in [0.1, 0.15) is 0 Å². The van der Waals surface area contributed by atoms with Crippen LogP contribution in [-0.2, 0) is 9.59 Å². The van der Waals surface area contributed by atoms with Crippen LogP contribution in [0.3, 0.4) is 0 Å². The molecule has 0 radical (unpaired) electrons. The predicted molar refractivity (Wildman–Crippen MR) is 61.9 cm³/mol. The van der Waals surface area contributed by atoms with Gasteiger partial charge in [0, 0.05) is 12.1 Å². The van der Waals surface area contributed by atoms with Gasteiger partial charge in [0.2, 0.25) is 5.91 Å². The lowest BCUT2D eigenvalue weighted by Crippen LogP contribution is -2.48. The largest absolute Gasteiger partial charge is 0.481 e. The molecule has 0 aliphatic carbocycles. The van der Waals surface area contributed by atoms with Crippen molar-refractivity contribution in [2.24, 2.45) is 11.7 Å². The normalized spacial score (nSPS) is 13.2. The molecule has 0 rings (SSSR count). The van der Waals surface area contributed by atoms with Gasteiger partial charge in [-0.2, -0.15) is 0 Å². The van der Waals surface area contributed by atoms with E-state index >= 15 is 0 Å². The van der Waals surface area contributed by atoms with E-state index in [1.165, 1.54) is 0 Å². The third-order valence-corrected chi connectivity index (χ3v) is 2.35. The molecule has 0 aliphatic heterocycles. The summed E-state index contributed by atoms with van der Waals surface area (Å²) in [7, 11) is 0. The standard InChI is InChI=1S/C11H22N2O3/c1-4-5-8(7-12)10(16)13-11(2,3)6-9(14)15/h8H,4-7,12H2,1-3H3,(H,13,16)(H,14,15). The van der Waals surface area contributed by atoms with Crippen LogP contribution in [0.1, 0.15) is 40.0 Å². The number of nitrogens with one attached hydrogen (secondary N) is 1. The van der Waals surface area contributed by atoms with E-state index in [-0.39, 0.29) is 18.2 Å². The van der Waals surface area contributed by atoms with E-state index in [1.807, 2.05) is 6.92 Å². The minimum Gasteiger partial charge on any atom is -0.481 e. The van der Waals surface area contributed by atoms with Crippen LogP contribution in [0.25, 0.3) is 0 Å². The Morgan fingerprint density at radius 2 is 2.00 bits per heavy atom. The lowest BCUT2D eigenvalue weighted by Gasteiger charge is -2.26. The van der Waals surface area contributed by atoms with E-state index in [4.69, 9.17) is 10.8 Å². The van der Waals surface area contributed by atoms with Crippen molar-refractivity contribution in [3.8, 4) is 0 Å². The molecule has 0 spiro atoms. The number of aliphatic carboxylic acids is 1. The molecule has 0 aromatic rings. The van der Waals surface area contributed by atoms with Gasteiger partial charge >= 0.3 is 5.97 Å². The van der Waals surface area contributed by atoms with Crippen molar-refractivity contribution < 1.29 is 14.7 Å². The number of amides is 1. The van der Waals surface area contributed by atoms with Crippen LogP contribution in [0.4, 0.5) is 0 Å². The topological polar surface area (TPSA) is 92.4 Å². The average Bonchev–Trinajstić information content (AvgIpc) is 2.10. The van der Waals surface area contributed by atoms with E-state index in [0.29, 0.717) is 6.54 Å². The van der Waals surface area contributed by atoms with E-state index in [9.17, 15) is 9.59 Å². The second-order valence-corrected chi connectivity index (χ2v) is 4.66. The molecule has 0 aromatic carbocycles. The summed E-state index contributed by atoms with van der Waals surface area (Å²) in [5.41, 5.74) is 4.77. The Morgan fingerprint density at radius 3 is 2.38 bits per heavy atom. The summed E-state index contributed by atoms with van der Waals surface area (Å²) in [4.78, 5) is 22.4. The van der Waals surface area contributed by atoms with Crippen molar-refractivity contribution in [3.63, 3.8) is 0 Å². The van der Waals surface area contributed by atoms with Crippen molar-refractivity contribution in [2.45, 2.75) is 45.6 Å². The third-order valence-electron chi connectivity index (χ3n) is 2.35. The van der Waals surface area contributed by atoms with Gasteiger partial charge < -0.3 is 16.2 Å². The highest BCUT2D eigenvalue weighted by Crippen LogP contribution is 2.11. The lowest BCUT2D eigenvalue weighted by atomic mass is 9.97. The summed E-state index contributed by atoms with van der Waals surface area (Å²) in [6.45, 7) is 5.66. The van der Waals surface area contributed by atoms with Gasteiger partial charge in [0.05, 0.1) is 12.3 Å². The highest BCUT2D eigenvalue weighted by Gasteiger charge is 2.26. The number of carbonyl (C=O) groups is 2. The van der Waals surface area contributed by atoms with Gasteiger partial charge in [-0.15, -0.1) is 0 Å². The van der Waals surface area contributed by atoms with Crippen molar-refractivity contribution in [1.82, 2.24) is 5.32 Å². The number of nitrogens with two attached hydrogens (primary N) is 1. The molecule has 1 atom stereocenters. The molecule has 1 amide bonds. The summed E-state index contributed by atoms with van der Waals surface area (Å²) in [5, 5.41) is 11.4. The minimum absolute atomic E-state index is 0.0951. The Morgan fingerprint density at radius 1 is 1.44 bits per heavy atom. The first-order valence-electron chi connectivity index (χ1n) is 5.56. The zero-order valence-corrected chi connectivity index (χ0v) is 10.2. The monoisotopic (exact) mass is 230 g/mol. The first-order chi connectivity index (χ1) is 7.32. The smallest absolute Gasteiger partial charge is 0.305 e. The van der Waals surface area contributed by atoms with Gasteiger partial charge in [0.15, 0.2) is 0 Å². The zero-order chi connectivity index (χ0) is 12.8. The van der Waals surface area contributed by atoms with Gasteiger partial charge in [0.25, 0.3) is 0 Å². The number of carboxylic acid groups (broad SMARTS) is 1. The molecule has 16 heavy (non-hydrogen) atoms. The maximum atomic E-state index is 11.8. The number of hydrogen-bond donors (Lipinski definition) is 3. The molecule has 0 aliphatic rings. The van der Waals surface area contributed by atoms with Crippen molar-refractivity contribution >= 4 is 11.9 Å². The predicted octanol–water partition coefficient (Wildman–Crippen LogP) is 0.731. The van der Waals surface area contributed by atoms with Crippen LogP contribution in [0.5, 0.6) is 0 Å². The number of rotatable bonds is 7. The summed E-state index contributed by atoms with van der Waals surface area (Å²) < 4.78 is 0. The SMILES string of the molecule is CCCC(CN)C(=O)NC(C)(C)CC(=O)O. The summed E-state index contributed by atoms with van der Waals surface area (Å²) in [6, 6.07) is 0. The van der Waals surface area contributed by atoms with Crippen LogP contribution in [0.2, 0.25) is 0 Å². The second kappa shape index (κ2) is 6.48. The Labute approximate surface area is 96.4 Å². The van der Waals surface area contributed by atoms with Gasteiger partial charge in [-0.05, 0) is 20.3 Å². The fourth-order valence-corrected chi connectivity index (χ4v) is 1.56. The molecule has 0 heterocycles. The molecule has 0 bridgehead atoms. The van der Waals surface area contributed by atoms with Crippen LogP contribution >= 0.6 is 0 Å². The molecule has 94 valence electrons. The Hall–Kier alpha value is -1.10. The van der Waals surface area contributed by atoms with E-state index < -0.39 is 11.5 Å². The molecule has 0 saturated heterocycles. The molecule has 0 saturated carbocycles. The fraction of sp³-hybridized carbons (Fsp3) is 0.818. The Kier molecular flexibility index (Phi) is 6.03. The summed E-state index contributed by atoms with van der Waals surface area (Å²) >= 11 is 0. The number of hydrogen-bond acceptors (Lipinski definition) is 3. The minimum atomic E-state index is -0.926. The van der Waals surface area contributed by atoms with Gasteiger partial charge in [-0.25, -0.2) is 0 Å². The summed E-state index contributed by atoms with van der Waals surface area (Å²) in [5.74, 6) is -1.31. The third kappa shape index (κ3) is 5.70. The fourth-order valence-electron chi connectivity index (χ4n) is 1.56. The van der Waals surface area contributed by atoms with Gasteiger partial charge in [-0.1, -0.05) is 13.3 Å². The number of carboxylic acids is 1. The molecule has 0 fully saturated rings. The van der Waals surface area contributed by atoms with Crippen LogP contribution < -0.4 is 11.1 Å². The second-order valence-electron chi connectivity index (χ2n) is 4.66. The van der Waals surface area contributed by atoms with Crippen LogP contribution in [-0.4, -0.2) is 29.1 Å². The lowest BCUT2D eigenvalue weighted by molar-refractivity contribution is -0.138. The summed E-state index contributed by atoms with van der Waals surface area (Å²) in [6.07, 6.45) is 1.52. The maximum absolute atomic E-state index is 11.8. The first kappa shape index (κ1) is 14.9. The quantitative estimate of drug-likeness (QED) is 0.601. The molecular formula is C11H22N2O3. The van der Waals surface area contributed by atoms with Crippen LogP contribution in [0, 0.1) is 5.92 Å². The average molecular weight is 230 g/mol. The van der Waals surface area contributed by atoms with E-state index in [0.717, 1.165) is 12.8 Å². The maximum Gasteiger partial charge on any atom is 0.305 e. The van der Waals surface area contributed by atoms with Gasteiger partial charge in [-0.3, -0.25) is 9.59 Å². The van der Waals surface area contributed by atoms with Crippen molar-refractivity contribution in [2.75, 3.05) is 6.54 Å². The number of carbonyl (C=O) groups excluding carboxylic acids is 1. The van der Waals surface area contributed by atoms with Crippen molar-refractivity contribution in [1.29, 1.82) is 0 Å². The first-order valence-corrected chi connectivity index (χ1v) is 5.56. The molecule has 4 N–H and O–H groups in total. The highest BCUT2D eigenvalue weighted by molar-refractivity contribution is 5.80. The Bertz CT molecular complexity index is 252. The molecule has 5 nitrogen and oxygen atoms in total.